The highest BCUT2D eigenvalue weighted by atomic mass is 16.5. The number of carbonyl (C=O) groups is 3. The van der Waals surface area contributed by atoms with Crippen LogP contribution in [0.2, 0.25) is 0 Å². The lowest BCUT2D eigenvalue weighted by molar-refractivity contribution is -0.139. The predicted octanol–water partition coefficient (Wildman–Crippen LogP) is 3.52. The number of rotatable bonds is 6. The number of ether oxygens (including phenoxy) is 1. The molecule has 0 spiro atoms. The molecular weight excluding hydrogens is 406 g/mol. The van der Waals surface area contributed by atoms with E-state index in [0.29, 0.717) is 43.3 Å². The summed E-state index contributed by atoms with van der Waals surface area (Å²) in [5.74, 6) is 0.653. The number of nitrogens with one attached hydrogen (secondary N) is 1. The van der Waals surface area contributed by atoms with Gasteiger partial charge in [-0.05, 0) is 42.7 Å². The normalized spacial score (nSPS) is 14.8. The number of anilines is 1. The Labute approximate surface area is 189 Å². The SMILES string of the molecule is CC(=O)Nc1cccc(C(=O)N2CCN(C(=O)C(C)Oc3ccccc3C(C)C)CC2)c1. The lowest BCUT2D eigenvalue weighted by atomic mass is 10.0. The number of carbonyl (C=O) groups excluding carboxylic acids is 3. The van der Waals surface area contributed by atoms with Crippen LogP contribution in [0.5, 0.6) is 5.75 Å². The molecule has 1 aliphatic rings. The molecule has 0 aromatic heterocycles. The molecule has 2 aromatic carbocycles. The maximum absolute atomic E-state index is 12.9. The Morgan fingerprint density at radius 1 is 0.906 bits per heavy atom. The van der Waals surface area contributed by atoms with Gasteiger partial charge in [0.1, 0.15) is 5.75 Å². The average molecular weight is 438 g/mol. The summed E-state index contributed by atoms with van der Waals surface area (Å²) in [6, 6.07) is 14.7. The van der Waals surface area contributed by atoms with Crippen molar-refractivity contribution in [3.05, 3.63) is 59.7 Å². The second-order valence-electron chi connectivity index (χ2n) is 8.33. The Morgan fingerprint density at radius 2 is 1.56 bits per heavy atom. The molecule has 1 N–H and O–H groups in total. The van der Waals surface area contributed by atoms with Crippen LogP contribution in [0.1, 0.15) is 49.5 Å². The van der Waals surface area contributed by atoms with Crippen LogP contribution in [-0.4, -0.2) is 59.8 Å². The van der Waals surface area contributed by atoms with Gasteiger partial charge in [0.05, 0.1) is 0 Å². The lowest BCUT2D eigenvalue weighted by Crippen LogP contribution is -2.53. The molecule has 3 amide bonds. The summed E-state index contributed by atoms with van der Waals surface area (Å²) in [6.07, 6.45) is -0.605. The number of amides is 3. The van der Waals surface area contributed by atoms with E-state index < -0.39 is 6.10 Å². The Bertz CT molecular complexity index is 981. The van der Waals surface area contributed by atoms with Crippen LogP contribution in [0.4, 0.5) is 5.69 Å². The molecule has 0 radical (unpaired) electrons. The van der Waals surface area contributed by atoms with Crippen molar-refractivity contribution in [3.8, 4) is 5.75 Å². The van der Waals surface area contributed by atoms with Gasteiger partial charge in [-0.2, -0.15) is 0 Å². The molecule has 170 valence electrons. The molecule has 7 nitrogen and oxygen atoms in total. The second-order valence-corrected chi connectivity index (χ2v) is 8.33. The Kier molecular flexibility index (Phi) is 7.51. The van der Waals surface area contributed by atoms with Crippen LogP contribution < -0.4 is 10.1 Å². The summed E-state index contributed by atoms with van der Waals surface area (Å²) in [6.45, 7) is 9.19. The zero-order chi connectivity index (χ0) is 23.3. The highest BCUT2D eigenvalue weighted by Crippen LogP contribution is 2.27. The summed E-state index contributed by atoms with van der Waals surface area (Å²) in [7, 11) is 0. The van der Waals surface area contributed by atoms with E-state index in [-0.39, 0.29) is 17.7 Å². The fourth-order valence-electron chi connectivity index (χ4n) is 3.81. The van der Waals surface area contributed by atoms with Gasteiger partial charge in [-0.1, -0.05) is 38.1 Å². The molecule has 1 atom stereocenters. The molecule has 2 aromatic rings. The van der Waals surface area contributed by atoms with Crippen LogP contribution in [0.15, 0.2) is 48.5 Å². The first kappa shape index (κ1) is 23.3. The molecule has 7 heteroatoms. The third-order valence-electron chi connectivity index (χ3n) is 5.50. The van der Waals surface area contributed by atoms with Crippen molar-refractivity contribution in [1.29, 1.82) is 0 Å². The molecule has 0 saturated carbocycles. The highest BCUT2D eigenvalue weighted by Gasteiger charge is 2.28. The zero-order valence-corrected chi connectivity index (χ0v) is 19.1. The summed E-state index contributed by atoms with van der Waals surface area (Å²) < 4.78 is 6.00. The number of hydrogen-bond donors (Lipinski definition) is 1. The number of hydrogen-bond acceptors (Lipinski definition) is 4. The minimum absolute atomic E-state index is 0.0803. The second kappa shape index (κ2) is 10.3. The monoisotopic (exact) mass is 437 g/mol. The maximum Gasteiger partial charge on any atom is 0.263 e. The highest BCUT2D eigenvalue weighted by molar-refractivity contribution is 5.97. The average Bonchev–Trinajstić information content (AvgIpc) is 2.78. The van der Waals surface area contributed by atoms with E-state index in [9.17, 15) is 14.4 Å². The van der Waals surface area contributed by atoms with Crippen LogP contribution >= 0.6 is 0 Å². The molecule has 0 bridgehead atoms. The van der Waals surface area contributed by atoms with E-state index in [1.807, 2.05) is 24.3 Å². The van der Waals surface area contributed by atoms with Gasteiger partial charge in [-0.15, -0.1) is 0 Å². The number of benzene rings is 2. The van der Waals surface area contributed by atoms with Gasteiger partial charge in [0, 0.05) is 44.4 Å². The predicted molar refractivity (Wildman–Crippen MR) is 124 cm³/mol. The van der Waals surface area contributed by atoms with Crippen molar-refractivity contribution in [2.45, 2.75) is 39.7 Å². The van der Waals surface area contributed by atoms with Crippen LogP contribution in [0.25, 0.3) is 0 Å². The topological polar surface area (TPSA) is 79.0 Å². The van der Waals surface area contributed by atoms with Crippen molar-refractivity contribution < 1.29 is 19.1 Å². The minimum Gasteiger partial charge on any atom is -0.481 e. The molecule has 3 rings (SSSR count). The number of para-hydroxylation sites is 1. The standard InChI is InChI=1S/C25H31N3O4/c1-17(2)22-10-5-6-11-23(22)32-18(3)24(30)27-12-14-28(15-13-27)25(31)20-8-7-9-21(16-20)26-19(4)29/h5-11,16-18H,12-15H2,1-4H3,(H,26,29). The molecule has 0 aliphatic carbocycles. The smallest absolute Gasteiger partial charge is 0.263 e. The van der Waals surface area contributed by atoms with E-state index in [1.165, 1.54) is 6.92 Å². The first-order chi connectivity index (χ1) is 15.3. The van der Waals surface area contributed by atoms with Gasteiger partial charge in [0.2, 0.25) is 5.91 Å². The van der Waals surface area contributed by atoms with Crippen molar-refractivity contribution in [1.82, 2.24) is 9.80 Å². The molecular formula is C25H31N3O4. The van der Waals surface area contributed by atoms with E-state index in [0.717, 1.165) is 11.3 Å². The minimum atomic E-state index is -0.605. The van der Waals surface area contributed by atoms with E-state index >= 15 is 0 Å². The molecule has 32 heavy (non-hydrogen) atoms. The van der Waals surface area contributed by atoms with Crippen molar-refractivity contribution >= 4 is 23.4 Å². The van der Waals surface area contributed by atoms with Crippen LogP contribution in [0.3, 0.4) is 0 Å². The third-order valence-corrected chi connectivity index (χ3v) is 5.50. The molecule has 1 aliphatic heterocycles. The van der Waals surface area contributed by atoms with Gasteiger partial charge in [0.25, 0.3) is 11.8 Å². The summed E-state index contributed by atoms with van der Waals surface area (Å²) in [4.78, 5) is 40.6. The van der Waals surface area contributed by atoms with E-state index in [2.05, 4.69) is 19.2 Å². The van der Waals surface area contributed by atoms with Gasteiger partial charge in [-0.25, -0.2) is 0 Å². The van der Waals surface area contributed by atoms with Gasteiger partial charge >= 0.3 is 0 Å². The summed E-state index contributed by atoms with van der Waals surface area (Å²) in [5.41, 5.74) is 2.17. The van der Waals surface area contributed by atoms with E-state index in [4.69, 9.17) is 4.74 Å². The van der Waals surface area contributed by atoms with Crippen molar-refractivity contribution in [2.24, 2.45) is 0 Å². The van der Waals surface area contributed by atoms with Crippen molar-refractivity contribution in [2.75, 3.05) is 31.5 Å². The van der Waals surface area contributed by atoms with E-state index in [1.54, 1.807) is 41.0 Å². The number of nitrogens with zero attached hydrogens (tertiary/aromatic N) is 2. The molecule has 1 heterocycles. The Balaban J connectivity index is 1.58. The fourth-order valence-corrected chi connectivity index (χ4v) is 3.81. The third kappa shape index (κ3) is 5.66. The van der Waals surface area contributed by atoms with Crippen LogP contribution in [0, 0.1) is 0 Å². The maximum atomic E-state index is 12.9. The first-order valence-electron chi connectivity index (χ1n) is 11.0. The summed E-state index contributed by atoms with van der Waals surface area (Å²) >= 11 is 0. The Morgan fingerprint density at radius 3 is 2.22 bits per heavy atom. The van der Waals surface area contributed by atoms with Gasteiger partial charge < -0.3 is 19.9 Å². The van der Waals surface area contributed by atoms with Gasteiger partial charge in [-0.3, -0.25) is 14.4 Å². The lowest BCUT2D eigenvalue weighted by Gasteiger charge is -2.36. The zero-order valence-electron chi connectivity index (χ0n) is 19.1. The van der Waals surface area contributed by atoms with Crippen molar-refractivity contribution in [3.63, 3.8) is 0 Å². The van der Waals surface area contributed by atoms with Crippen LogP contribution in [-0.2, 0) is 9.59 Å². The summed E-state index contributed by atoms with van der Waals surface area (Å²) in [5, 5.41) is 2.69. The number of piperazine rings is 1. The molecule has 1 unspecified atom stereocenters. The fraction of sp³-hybridized carbons (Fsp3) is 0.400. The largest absolute Gasteiger partial charge is 0.481 e. The Hall–Kier alpha value is -3.35. The van der Waals surface area contributed by atoms with Gasteiger partial charge in [0.15, 0.2) is 6.10 Å². The quantitative estimate of drug-likeness (QED) is 0.750. The molecule has 1 fully saturated rings. The first-order valence-corrected chi connectivity index (χ1v) is 11.0. The molecule has 1 saturated heterocycles.